The maximum atomic E-state index is 12.3. The number of hydrogen-bond donors (Lipinski definition) is 1. The number of anilines is 1. The van der Waals surface area contributed by atoms with Gasteiger partial charge in [0, 0.05) is 24.8 Å². The number of nitrogens with one attached hydrogen (secondary N) is 1. The lowest BCUT2D eigenvalue weighted by molar-refractivity contribution is 0.156. The van der Waals surface area contributed by atoms with E-state index in [-0.39, 0.29) is 12.8 Å². The molecule has 2 aliphatic rings. The van der Waals surface area contributed by atoms with Crippen LogP contribution >= 0.6 is 0 Å². The molecule has 2 unspecified atom stereocenters. The molecule has 1 aromatic carbocycles. The van der Waals surface area contributed by atoms with Crippen molar-refractivity contribution in [3.63, 3.8) is 0 Å². The summed E-state index contributed by atoms with van der Waals surface area (Å²) < 4.78 is 10.6. The predicted molar refractivity (Wildman–Crippen MR) is 76.1 cm³/mol. The van der Waals surface area contributed by atoms with E-state index in [4.69, 9.17) is 9.47 Å². The fraction of sp³-hybridized carbons (Fsp3) is 0.533. The number of hydrogen-bond acceptors (Lipinski definition) is 3. The molecule has 1 N–H and O–H groups in total. The van der Waals surface area contributed by atoms with Crippen LogP contribution in [0.5, 0.6) is 11.5 Å². The molecular formula is C15H20N2O3. The summed E-state index contributed by atoms with van der Waals surface area (Å²) in [4.78, 5) is 14.2. The van der Waals surface area contributed by atoms with Gasteiger partial charge in [0.1, 0.15) is 0 Å². The molecule has 2 amide bonds. The van der Waals surface area contributed by atoms with Crippen LogP contribution in [0.3, 0.4) is 0 Å². The molecule has 5 nitrogen and oxygen atoms in total. The third kappa shape index (κ3) is 2.66. The molecule has 2 atom stereocenters. The summed E-state index contributed by atoms with van der Waals surface area (Å²) >= 11 is 0. The van der Waals surface area contributed by atoms with Gasteiger partial charge < -0.3 is 19.7 Å². The van der Waals surface area contributed by atoms with Crippen LogP contribution in [0.1, 0.15) is 20.3 Å². The molecule has 0 spiro atoms. The average Bonchev–Trinajstić information content (AvgIpc) is 2.85. The van der Waals surface area contributed by atoms with Crippen LogP contribution in [0, 0.1) is 11.8 Å². The summed E-state index contributed by atoms with van der Waals surface area (Å²) in [5.41, 5.74) is 0.741. The molecule has 0 saturated carbocycles. The summed E-state index contributed by atoms with van der Waals surface area (Å²) in [5.74, 6) is 2.52. The van der Waals surface area contributed by atoms with E-state index in [0.29, 0.717) is 17.6 Å². The van der Waals surface area contributed by atoms with Gasteiger partial charge in [-0.3, -0.25) is 0 Å². The summed E-state index contributed by atoms with van der Waals surface area (Å²) in [7, 11) is 0. The number of ether oxygens (including phenoxy) is 2. The van der Waals surface area contributed by atoms with Gasteiger partial charge in [-0.1, -0.05) is 13.8 Å². The predicted octanol–water partition coefficient (Wildman–Crippen LogP) is 2.93. The highest BCUT2D eigenvalue weighted by molar-refractivity contribution is 5.89. The monoisotopic (exact) mass is 276 g/mol. The standard InChI is InChI=1S/C15H20N2O3/c1-10-5-11(2)8-17(7-10)15(18)16-12-3-4-13-14(6-12)20-9-19-13/h3-4,6,10-11H,5,7-9H2,1-2H3,(H,16,18). The van der Waals surface area contributed by atoms with Crippen molar-refractivity contribution >= 4 is 11.7 Å². The highest BCUT2D eigenvalue weighted by atomic mass is 16.7. The second-order valence-corrected chi connectivity index (χ2v) is 5.85. The van der Waals surface area contributed by atoms with Gasteiger partial charge in [-0.15, -0.1) is 0 Å². The van der Waals surface area contributed by atoms with Gasteiger partial charge in [0.15, 0.2) is 11.5 Å². The number of nitrogens with zero attached hydrogens (tertiary/aromatic N) is 1. The molecule has 108 valence electrons. The van der Waals surface area contributed by atoms with E-state index in [1.54, 1.807) is 6.07 Å². The van der Waals surface area contributed by atoms with Crippen LogP contribution in [0.2, 0.25) is 0 Å². The molecule has 2 heterocycles. The van der Waals surface area contributed by atoms with Gasteiger partial charge in [-0.25, -0.2) is 4.79 Å². The lowest BCUT2D eigenvalue weighted by Crippen LogP contribution is -2.44. The highest BCUT2D eigenvalue weighted by Crippen LogP contribution is 2.34. The number of carbonyl (C=O) groups excluding carboxylic acids is 1. The molecular weight excluding hydrogens is 256 g/mol. The Labute approximate surface area is 118 Å². The normalized spacial score (nSPS) is 24.6. The first-order valence-electron chi connectivity index (χ1n) is 7.07. The second kappa shape index (κ2) is 5.23. The van der Waals surface area contributed by atoms with E-state index in [1.807, 2.05) is 17.0 Å². The van der Waals surface area contributed by atoms with Gasteiger partial charge in [0.05, 0.1) is 0 Å². The van der Waals surface area contributed by atoms with Crippen molar-refractivity contribution < 1.29 is 14.3 Å². The largest absolute Gasteiger partial charge is 0.454 e. The van der Waals surface area contributed by atoms with E-state index in [1.165, 1.54) is 6.42 Å². The Kier molecular flexibility index (Phi) is 3.42. The molecule has 1 fully saturated rings. The van der Waals surface area contributed by atoms with Crippen LogP contribution in [0.25, 0.3) is 0 Å². The van der Waals surface area contributed by atoms with E-state index < -0.39 is 0 Å². The van der Waals surface area contributed by atoms with Gasteiger partial charge in [-0.05, 0) is 30.4 Å². The van der Waals surface area contributed by atoms with Crippen LogP contribution in [0.15, 0.2) is 18.2 Å². The fourth-order valence-corrected chi connectivity index (χ4v) is 3.01. The van der Waals surface area contributed by atoms with Gasteiger partial charge in [-0.2, -0.15) is 0 Å². The molecule has 1 saturated heterocycles. The van der Waals surface area contributed by atoms with Crippen LogP contribution in [-0.2, 0) is 0 Å². The number of fused-ring (bicyclic) bond motifs is 1. The molecule has 3 rings (SSSR count). The number of carbonyl (C=O) groups is 1. The molecule has 2 aliphatic heterocycles. The quantitative estimate of drug-likeness (QED) is 0.858. The van der Waals surface area contributed by atoms with Crippen molar-refractivity contribution in [1.29, 1.82) is 0 Å². The Hall–Kier alpha value is -1.91. The van der Waals surface area contributed by atoms with Crippen LogP contribution < -0.4 is 14.8 Å². The average molecular weight is 276 g/mol. The van der Waals surface area contributed by atoms with E-state index in [2.05, 4.69) is 19.2 Å². The third-order valence-corrected chi connectivity index (χ3v) is 3.78. The SMILES string of the molecule is CC1CC(C)CN(C(=O)Nc2ccc3c(c2)OCO3)C1. The summed E-state index contributed by atoms with van der Waals surface area (Å²) in [6, 6.07) is 5.42. The first-order chi connectivity index (χ1) is 9.61. The van der Waals surface area contributed by atoms with E-state index >= 15 is 0 Å². The molecule has 0 aliphatic carbocycles. The highest BCUT2D eigenvalue weighted by Gasteiger charge is 2.25. The first kappa shape index (κ1) is 13.1. The molecule has 0 bridgehead atoms. The Morgan fingerprint density at radius 2 is 1.90 bits per heavy atom. The lowest BCUT2D eigenvalue weighted by atomic mass is 9.92. The zero-order chi connectivity index (χ0) is 14.1. The first-order valence-corrected chi connectivity index (χ1v) is 7.07. The van der Waals surface area contributed by atoms with Crippen molar-refractivity contribution in [1.82, 2.24) is 4.90 Å². The lowest BCUT2D eigenvalue weighted by Gasteiger charge is -2.34. The number of rotatable bonds is 1. The minimum Gasteiger partial charge on any atom is -0.454 e. The summed E-state index contributed by atoms with van der Waals surface area (Å²) in [5, 5.41) is 2.93. The van der Waals surface area contributed by atoms with Crippen LogP contribution in [-0.4, -0.2) is 30.8 Å². The van der Waals surface area contributed by atoms with Gasteiger partial charge >= 0.3 is 6.03 Å². The summed E-state index contributed by atoms with van der Waals surface area (Å²) in [6.45, 7) is 6.27. The third-order valence-electron chi connectivity index (χ3n) is 3.78. The zero-order valence-electron chi connectivity index (χ0n) is 11.9. The second-order valence-electron chi connectivity index (χ2n) is 5.85. The van der Waals surface area contributed by atoms with E-state index in [0.717, 1.165) is 24.5 Å². The fourth-order valence-electron chi connectivity index (χ4n) is 3.01. The Morgan fingerprint density at radius 1 is 1.20 bits per heavy atom. The maximum absolute atomic E-state index is 12.3. The maximum Gasteiger partial charge on any atom is 0.321 e. The molecule has 0 aromatic heterocycles. The van der Waals surface area contributed by atoms with E-state index in [9.17, 15) is 4.79 Å². The Morgan fingerprint density at radius 3 is 2.65 bits per heavy atom. The minimum atomic E-state index is -0.0396. The molecule has 0 radical (unpaired) electrons. The molecule has 1 aromatic rings. The number of piperidine rings is 1. The van der Waals surface area contributed by atoms with Crippen molar-refractivity contribution in [2.45, 2.75) is 20.3 Å². The number of urea groups is 1. The van der Waals surface area contributed by atoms with Crippen molar-refractivity contribution in [3.8, 4) is 11.5 Å². The van der Waals surface area contributed by atoms with Crippen LogP contribution in [0.4, 0.5) is 10.5 Å². The van der Waals surface area contributed by atoms with Crippen molar-refractivity contribution in [2.75, 3.05) is 25.2 Å². The topological polar surface area (TPSA) is 50.8 Å². The summed E-state index contributed by atoms with van der Waals surface area (Å²) in [6.07, 6.45) is 1.19. The molecule has 5 heteroatoms. The number of benzene rings is 1. The smallest absolute Gasteiger partial charge is 0.321 e. The zero-order valence-corrected chi connectivity index (χ0v) is 11.9. The number of amides is 2. The minimum absolute atomic E-state index is 0.0396. The van der Waals surface area contributed by atoms with Crippen molar-refractivity contribution in [3.05, 3.63) is 18.2 Å². The van der Waals surface area contributed by atoms with Gasteiger partial charge in [0.25, 0.3) is 0 Å². The number of likely N-dealkylation sites (tertiary alicyclic amines) is 1. The Bertz CT molecular complexity index is 508. The van der Waals surface area contributed by atoms with Gasteiger partial charge in [0.2, 0.25) is 6.79 Å². The molecule has 20 heavy (non-hydrogen) atoms. The Balaban J connectivity index is 1.66. The van der Waals surface area contributed by atoms with Crippen molar-refractivity contribution in [2.24, 2.45) is 11.8 Å².